The topological polar surface area (TPSA) is 58.3 Å². The molecule has 1 amide bonds. The number of anilines is 1. The molecule has 9 heteroatoms. The van der Waals surface area contributed by atoms with Crippen molar-refractivity contribution in [3.05, 3.63) is 64.2 Å². The minimum absolute atomic E-state index is 0.00215. The van der Waals surface area contributed by atoms with E-state index in [2.05, 4.69) is 20.2 Å². The number of rotatable bonds is 6. The molecule has 1 aliphatic rings. The van der Waals surface area contributed by atoms with Crippen LogP contribution in [0.4, 0.5) is 10.1 Å². The van der Waals surface area contributed by atoms with E-state index in [4.69, 9.17) is 12.2 Å². The monoisotopic (exact) mass is 468 g/mol. The summed E-state index contributed by atoms with van der Waals surface area (Å²) in [6, 6.07) is 12.6. The number of hydrogen-bond donors (Lipinski definition) is 1. The van der Waals surface area contributed by atoms with Crippen molar-refractivity contribution >= 4 is 23.8 Å². The van der Waals surface area contributed by atoms with Crippen LogP contribution in [0.25, 0.3) is 11.4 Å². The molecule has 3 aromatic rings. The van der Waals surface area contributed by atoms with E-state index in [-0.39, 0.29) is 11.7 Å². The molecule has 33 heavy (non-hydrogen) atoms. The van der Waals surface area contributed by atoms with Crippen molar-refractivity contribution in [1.29, 1.82) is 0 Å². The number of nitrogens with one attached hydrogen (secondary N) is 1. The number of halogens is 1. The molecule has 1 aliphatic heterocycles. The molecular weight excluding hydrogens is 439 g/mol. The van der Waals surface area contributed by atoms with Gasteiger partial charge in [0.1, 0.15) is 5.82 Å². The molecule has 1 aromatic heterocycles. The van der Waals surface area contributed by atoms with Crippen molar-refractivity contribution in [2.24, 2.45) is 7.05 Å². The van der Waals surface area contributed by atoms with E-state index in [0.717, 1.165) is 43.0 Å². The Hall–Kier alpha value is -2.88. The summed E-state index contributed by atoms with van der Waals surface area (Å²) in [6.07, 6.45) is 0. The highest BCUT2D eigenvalue weighted by Gasteiger charge is 2.21. The number of amides is 1. The molecule has 0 bridgehead atoms. The normalized spacial score (nSPS) is 15.0. The van der Waals surface area contributed by atoms with Gasteiger partial charge in [0.15, 0.2) is 10.6 Å². The molecule has 174 valence electrons. The molecule has 0 saturated carbocycles. The first-order valence-electron chi connectivity index (χ1n) is 11.0. The molecule has 0 atom stereocenters. The number of carbonyl (C=O) groups excluding carboxylic acids is 1. The Morgan fingerprint density at radius 3 is 2.33 bits per heavy atom. The van der Waals surface area contributed by atoms with Gasteiger partial charge in [-0.15, -0.1) is 0 Å². The molecule has 0 unspecified atom stereocenters. The maximum atomic E-state index is 14.2. The molecule has 0 aliphatic carbocycles. The van der Waals surface area contributed by atoms with Crippen molar-refractivity contribution in [3.8, 4) is 11.4 Å². The van der Waals surface area contributed by atoms with Crippen LogP contribution in [-0.4, -0.2) is 62.8 Å². The van der Waals surface area contributed by atoms with Gasteiger partial charge in [0.2, 0.25) is 5.91 Å². The van der Waals surface area contributed by atoms with Gasteiger partial charge in [0.25, 0.3) is 0 Å². The van der Waals surface area contributed by atoms with Crippen molar-refractivity contribution < 1.29 is 9.18 Å². The molecule has 4 rings (SSSR count). The lowest BCUT2D eigenvalue weighted by Gasteiger charge is -2.34. The van der Waals surface area contributed by atoms with Gasteiger partial charge in [-0.3, -0.25) is 14.6 Å². The number of hydrogen-bond acceptors (Lipinski definition) is 5. The van der Waals surface area contributed by atoms with Gasteiger partial charge in [-0.2, -0.15) is 5.10 Å². The van der Waals surface area contributed by atoms with Gasteiger partial charge in [-0.25, -0.2) is 9.07 Å². The number of piperazine rings is 1. The fourth-order valence-corrected chi connectivity index (χ4v) is 4.31. The lowest BCUT2D eigenvalue weighted by Crippen LogP contribution is -2.49. The summed E-state index contributed by atoms with van der Waals surface area (Å²) in [7, 11) is 1.81. The van der Waals surface area contributed by atoms with Crippen LogP contribution in [0.2, 0.25) is 0 Å². The summed E-state index contributed by atoms with van der Waals surface area (Å²) in [5.41, 5.74) is 3.46. The van der Waals surface area contributed by atoms with Crippen LogP contribution in [-0.2, 0) is 18.5 Å². The average Bonchev–Trinajstić information content (AvgIpc) is 3.06. The van der Waals surface area contributed by atoms with Gasteiger partial charge in [-0.05, 0) is 49.3 Å². The van der Waals surface area contributed by atoms with Crippen LogP contribution in [0.3, 0.4) is 0 Å². The Morgan fingerprint density at radius 1 is 1.03 bits per heavy atom. The van der Waals surface area contributed by atoms with Crippen molar-refractivity contribution in [3.63, 3.8) is 0 Å². The van der Waals surface area contributed by atoms with E-state index in [9.17, 15) is 9.18 Å². The van der Waals surface area contributed by atoms with E-state index in [1.54, 1.807) is 34.5 Å². The average molecular weight is 469 g/mol. The van der Waals surface area contributed by atoms with Gasteiger partial charge >= 0.3 is 0 Å². The molecule has 1 fully saturated rings. The van der Waals surface area contributed by atoms with Crippen LogP contribution in [0.1, 0.15) is 11.1 Å². The Morgan fingerprint density at radius 2 is 1.67 bits per heavy atom. The SMILES string of the molecule is Cc1cccc(C)c1NC(=O)CN1CCN(Cn2nc(-c3ccccc3F)n(C)c2=S)CC1. The summed E-state index contributed by atoms with van der Waals surface area (Å²) in [5.74, 6) is 0.197. The predicted octanol–water partition coefficient (Wildman–Crippen LogP) is 3.59. The molecule has 2 heterocycles. The van der Waals surface area contributed by atoms with E-state index in [1.165, 1.54) is 6.07 Å². The highest BCUT2D eigenvalue weighted by Crippen LogP contribution is 2.21. The Labute approximate surface area is 198 Å². The fourth-order valence-electron chi connectivity index (χ4n) is 4.13. The maximum absolute atomic E-state index is 14.2. The number of nitrogens with zero attached hydrogens (tertiary/aromatic N) is 5. The third-order valence-corrected chi connectivity index (χ3v) is 6.55. The number of aryl methyl sites for hydroxylation is 2. The van der Waals surface area contributed by atoms with Gasteiger partial charge < -0.3 is 9.88 Å². The van der Waals surface area contributed by atoms with E-state index in [1.807, 2.05) is 32.0 Å². The second-order valence-electron chi connectivity index (χ2n) is 8.50. The molecule has 0 spiro atoms. The van der Waals surface area contributed by atoms with E-state index >= 15 is 0 Å². The summed E-state index contributed by atoms with van der Waals surface area (Å²) in [4.78, 5) is 17.0. The number of para-hydroxylation sites is 1. The first-order valence-corrected chi connectivity index (χ1v) is 11.4. The number of carbonyl (C=O) groups is 1. The lowest BCUT2D eigenvalue weighted by molar-refractivity contribution is -0.117. The number of benzene rings is 2. The van der Waals surface area contributed by atoms with Crippen LogP contribution in [0, 0.1) is 24.4 Å². The van der Waals surface area contributed by atoms with Crippen LogP contribution in [0.5, 0.6) is 0 Å². The van der Waals surface area contributed by atoms with E-state index in [0.29, 0.717) is 29.4 Å². The second-order valence-corrected chi connectivity index (χ2v) is 8.86. The summed E-state index contributed by atoms with van der Waals surface area (Å²) >= 11 is 5.54. The standard InChI is InChI=1S/C24H29FN6OS/c1-17-7-6-8-18(2)22(17)26-21(32)15-29-11-13-30(14-12-29)16-31-24(33)28(3)23(27-31)19-9-4-5-10-20(19)25/h4-10H,11-16H2,1-3H3,(H,26,32). The number of aromatic nitrogens is 3. The van der Waals surface area contributed by atoms with Gasteiger partial charge in [0.05, 0.1) is 18.8 Å². The highest BCUT2D eigenvalue weighted by molar-refractivity contribution is 7.71. The fraction of sp³-hybridized carbons (Fsp3) is 0.375. The van der Waals surface area contributed by atoms with Crippen molar-refractivity contribution in [1.82, 2.24) is 24.1 Å². The van der Waals surface area contributed by atoms with Gasteiger partial charge in [-0.1, -0.05) is 30.3 Å². The predicted molar refractivity (Wildman–Crippen MR) is 130 cm³/mol. The van der Waals surface area contributed by atoms with Crippen LogP contribution < -0.4 is 5.32 Å². The highest BCUT2D eigenvalue weighted by atomic mass is 32.1. The molecule has 2 aromatic carbocycles. The Balaban J connectivity index is 1.34. The Bertz CT molecular complexity index is 1190. The third kappa shape index (κ3) is 5.21. The summed E-state index contributed by atoms with van der Waals surface area (Å²) < 4.78 is 18.3. The molecule has 1 saturated heterocycles. The van der Waals surface area contributed by atoms with Crippen LogP contribution in [0.15, 0.2) is 42.5 Å². The quantitative estimate of drug-likeness (QED) is 0.561. The zero-order valence-electron chi connectivity index (χ0n) is 19.2. The largest absolute Gasteiger partial charge is 0.324 e. The summed E-state index contributed by atoms with van der Waals surface area (Å²) in [6.45, 7) is 8.05. The molecule has 0 radical (unpaired) electrons. The van der Waals surface area contributed by atoms with Gasteiger partial charge in [0, 0.05) is 38.9 Å². The summed E-state index contributed by atoms with van der Waals surface area (Å²) in [5, 5.41) is 7.64. The van der Waals surface area contributed by atoms with Crippen molar-refractivity contribution in [2.45, 2.75) is 20.5 Å². The molecule has 1 N–H and O–H groups in total. The maximum Gasteiger partial charge on any atom is 0.238 e. The minimum Gasteiger partial charge on any atom is -0.324 e. The second kappa shape index (κ2) is 9.94. The minimum atomic E-state index is -0.319. The third-order valence-electron chi connectivity index (χ3n) is 6.07. The Kier molecular flexibility index (Phi) is 7.02. The first kappa shape index (κ1) is 23.3. The lowest BCUT2D eigenvalue weighted by atomic mass is 10.1. The smallest absolute Gasteiger partial charge is 0.238 e. The zero-order chi connectivity index (χ0) is 23.5. The van der Waals surface area contributed by atoms with Crippen molar-refractivity contribution in [2.75, 3.05) is 38.0 Å². The molecular formula is C24H29FN6OS. The first-order chi connectivity index (χ1) is 15.8. The zero-order valence-corrected chi connectivity index (χ0v) is 20.0. The van der Waals surface area contributed by atoms with E-state index < -0.39 is 0 Å². The van der Waals surface area contributed by atoms with Crippen LogP contribution >= 0.6 is 12.2 Å². The molecule has 7 nitrogen and oxygen atoms in total.